The molecular weight excluding hydrogens is 901 g/mol. The van der Waals surface area contributed by atoms with E-state index in [9.17, 15) is 38.4 Å². The van der Waals surface area contributed by atoms with Crippen LogP contribution in [0, 0.1) is 29.1 Å². The minimum Gasteiger partial charge on any atom is -0.384 e. The van der Waals surface area contributed by atoms with Crippen LogP contribution in [0.3, 0.4) is 0 Å². The first kappa shape index (κ1) is 61.7. The summed E-state index contributed by atoms with van der Waals surface area (Å²) in [6, 6.07) is -0.856. The summed E-state index contributed by atoms with van der Waals surface area (Å²) in [5.41, 5.74) is 23.6. The van der Waals surface area contributed by atoms with E-state index in [1.807, 2.05) is 41.5 Å². The molecular formula is C48H84N14O8. The maximum atomic E-state index is 14.2. The molecule has 0 aliphatic rings. The van der Waals surface area contributed by atoms with E-state index in [0.717, 1.165) is 5.56 Å². The lowest BCUT2D eigenvalue weighted by Gasteiger charge is -2.29. The van der Waals surface area contributed by atoms with E-state index in [1.165, 1.54) is 13.8 Å². The molecule has 0 aromatic heterocycles. The van der Waals surface area contributed by atoms with Gasteiger partial charge in [-0.25, -0.2) is 0 Å². The number of nitrogen functional groups attached to an aromatic ring is 1. The van der Waals surface area contributed by atoms with E-state index in [1.54, 1.807) is 38.1 Å². The topological polar surface area (TPSA) is 373 Å². The van der Waals surface area contributed by atoms with E-state index >= 15 is 0 Å². The van der Waals surface area contributed by atoms with Crippen LogP contribution >= 0.6 is 0 Å². The monoisotopic (exact) mass is 985 g/mol. The van der Waals surface area contributed by atoms with Gasteiger partial charge in [-0.05, 0) is 94.1 Å². The Hall–Kier alpha value is -6.32. The number of benzene rings is 1. The van der Waals surface area contributed by atoms with Crippen molar-refractivity contribution in [3.05, 3.63) is 35.4 Å². The number of hydrogen-bond acceptors (Lipinski definition) is 11. The van der Waals surface area contributed by atoms with Gasteiger partial charge < -0.3 is 65.5 Å². The molecule has 22 nitrogen and oxygen atoms in total. The van der Waals surface area contributed by atoms with Crippen molar-refractivity contribution in [3.8, 4) is 0 Å². The van der Waals surface area contributed by atoms with Crippen LogP contribution in [0.15, 0.2) is 29.3 Å². The first-order valence-corrected chi connectivity index (χ1v) is 24.3. The van der Waals surface area contributed by atoms with Gasteiger partial charge in [0.1, 0.15) is 48.1 Å². The van der Waals surface area contributed by atoms with Crippen LogP contribution in [0.25, 0.3) is 0 Å². The Bertz CT molecular complexity index is 1920. The van der Waals surface area contributed by atoms with Crippen LogP contribution in [0.2, 0.25) is 0 Å². The van der Waals surface area contributed by atoms with Crippen molar-refractivity contribution in [3.63, 3.8) is 0 Å². The fourth-order valence-electron chi connectivity index (χ4n) is 7.27. The highest BCUT2D eigenvalue weighted by molar-refractivity contribution is 5.98. The van der Waals surface area contributed by atoms with Crippen molar-refractivity contribution < 1.29 is 38.4 Å². The van der Waals surface area contributed by atoms with Crippen LogP contribution in [0.1, 0.15) is 132 Å². The number of carbonyl (C=O) groups is 8. The number of amides is 8. The Morgan fingerprint density at radius 3 is 1.46 bits per heavy atom. The van der Waals surface area contributed by atoms with Gasteiger partial charge in [-0.3, -0.25) is 48.8 Å². The quantitative estimate of drug-likeness (QED) is 0.0258. The van der Waals surface area contributed by atoms with E-state index in [4.69, 9.17) is 28.3 Å². The van der Waals surface area contributed by atoms with Gasteiger partial charge in [-0.15, -0.1) is 0 Å². The summed E-state index contributed by atoms with van der Waals surface area (Å²) in [6.07, 6.45) is 2.36. The number of nitrogens with zero attached hydrogens (tertiary/aromatic N) is 1. The van der Waals surface area contributed by atoms with Crippen LogP contribution in [0.4, 0.5) is 0 Å². The summed E-state index contributed by atoms with van der Waals surface area (Å²) in [5.74, 6) is -5.63. The first-order chi connectivity index (χ1) is 32.7. The van der Waals surface area contributed by atoms with Crippen LogP contribution < -0.4 is 65.5 Å². The SMILES string of the molecule is CC(=O)N[C@@H](CC(C)C)C(=O)N[C@@H](CC(C)C)C(=O)N[C@@H](C)C(=O)N[C@@H](CC(C)C)C(=O)N[C@@H](CCCN=C(N)N)C(=O)N[C@H](C(=O)N[C@@H](CCCCN)C(=O)NCc1ccc(C(=N)N)cc1)C(C)C. The molecule has 1 aromatic rings. The lowest BCUT2D eigenvalue weighted by molar-refractivity contribution is -0.136. The van der Waals surface area contributed by atoms with E-state index in [-0.39, 0.29) is 74.7 Å². The average molecular weight is 985 g/mol. The van der Waals surface area contributed by atoms with Gasteiger partial charge in [0.2, 0.25) is 47.3 Å². The number of carbonyl (C=O) groups excluding carboxylic acids is 8. The Morgan fingerprint density at radius 1 is 0.543 bits per heavy atom. The molecule has 17 N–H and O–H groups in total. The largest absolute Gasteiger partial charge is 0.384 e. The van der Waals surface area contributed by atoms with E-state index in [0.29, 0.717) is 31.4 Å². The number of unbranched alkanes of at least 4 members (excludes halogenated alkanes) is 1. The molecule has 1 aromatic carbocycles. The molecule has 1 rings (SSSR count). The Labute approximate surface area is 413 Å². The molecule has 0 saturated carbocycles. The fraction of sp³-hybridized carbons (Fsp3) is 0.667. The Morgan fingerprint density at radius 2 is 0.986 bits per heavy atom. The van der Waals surface area contributed by atoms with Crippen molar-refractivity contribution in [1.29, 1.82) is 5.41 Å². The van der Waals surface area contributed by atoms with Gasteiger partial charge in [-0.2, -0.15) is 0 Å². The minimum atomic E-state index is -1.24. The molecule has 0 radical (unpaired) electrons. The zero-order chi connectivity index (χ0) is 53.2. The third-order valence-corrected chi connectivity index (χ3v) is 11.0. The number of guanidine groups is 1. The second kappa shape index (κ2) is 31.7. The molecule has 0 bridgehead atoms. The fourth-order valence-corrected chi connectivity index (χ4v) is 7.27. The summed E-state index contributed by atoms with van der Waals surface area (Å²) in [7, 11) is 0. The van der Waals surface area contributed by atoms with E-state index < -0.39 is 95.5 Å². The number of hydrogen-bond donors (Lipinski definition) is 13. The number of nitrogens with two attached hydrogens (primary N) is 4. The molecule has 394 valence electrons. The van der Waals surface area contributed by atoms with Crippen LogP contribution in [-0.4, -0.2) is 114 Å². The standard InChI is InChI=1S/C48H84N14O8/c1-26(2)22-36(57-31(10)63)45(68)61-37(23-27(3)4)44(67)56-30(9)41(64)60-38(24-28(5)6)46(69)58-35(15-13-21-54-48(52)53)43(66)62-39(29(7)8)47(70)59-34(14-11-12-20-49)42(65)55-25-32-16-18-33(19-17-32)40(50)51/h16-19,26-30,34-39H,11-15,20-25,49H2,1-10H3,(H3,50,51)(H,55,65)(H,56,67)(H,57,63)(H,58,69)(H,59,70)(H,60,64)(H,61,68)(H,62,66)(H4,52,53,54)/t30-,34-,35-,36-,37-,38-,39-/m0/s1. The lowest BCUT2D eigenvalue weighted by Crippen LogP contribution is -2.60. The van der Waals surface area contributed by atoms with Gasteiger partial charge in [0.05, 0.1) is 0 Å². The highest BCUT2D eigenvalue weighted by Gasteiger charge is 2.34. The predicted octanol–water partition coefficient (Wildman–Crippen LogP) is -0.00283. The van der Waals surface area contributed by atoms with Gasteiger partial charge in [0.25, 0.3) is 0 Å². The summed E-state index contributed by atoms with van der Waals surface area (Å²) in [6.45, 7) is 18.0. The van der Waals surface area contributed by atoms with Crippen LogP contribution in [-0.2, 0) is 44.9 Å². The zero-order valence-electron chi connectivity index (χ0n) is 43.0. The van der Waals surface area contributed by atoms with Gasteiger partial charge in [0, 0.05) is 25.6 Å². The highest BCUT2D eigenvalue weighted by atomic mass is 16.2. The molecule has 0 heterocycles. The third-order valence-electron chi connectivity index (χ3n) is 11.0. The third kappa shape index (κ3) is 24.3. The molecule has 7 atom stereocenters. The maximum Gasteiger partial charge on any atom is 0.243 e. The van der Waals surface area contributed by atoms with Crippen molar-refractivity contribution in [1.82, 2.24) is 42.5 Å². The number of nitrogens with one attached hydrogen (secondary N) is 9. The van der Waals surface area contributed by atoms with Gasteiger partial charge in [-0.1, -0.05) is 79.7 Å². The summed E-state index contributed by atoms with van der Waals surface area (Å²) in [4.78, 5) is 112. The second-order valence-electron chi connectivity index (χ2n) is 19.4. The minimum absolute atomic E-state index is 0.0238. The summed E-state index contributed by atoms with van der Waals surface area (Å²) >= 11 is 0. The molecule has 22 heteroatoms. The molecule has 0 spiro atoms. The molecule has 0 aliphatic carbocycles. The second-order valence-corrected chi connectivity index (χ2v) is 19.4. The molecule has 0 unspecified atom stereocenters. The Kier molecular flexibility index (Phi) is 28.0. The van der Waals surface area contributed by atoms with Crippen molar-refractivity contribution in [2.75, 3.05) is 13.1 Å². The van der Waals surface area contributed by atoms with Crippen LogP contribution in [0.5, 0.6) is 0 Å². The van der Waals surface area contributed by atoms with Crippen molar-refractivity contribution in [2.45, 2.75) is 169 Å². The zero-order valence-corrected chi connectivity index (χ0v) is 43.0. The summed E-state index contributed by atoms with van der Waals surface area (Å²) < 4.78 is 0. The molecule has 0 aliphatic heterocycles. The normalized spacial score (nSPS) is 14.2. The molecule has 8 amide bonds. The average Bonchev–Trinajstić information content (AvgIpc) is 3.26. The smallest absolute Gasteiger partial charge is 0.243 e. The predicted molar refractivity (Wildman–Crippen MR) is 270 cm³/mol. The molecule has 70 heavy (non-hydrogen) atoms. The number of aliphatic imine (C=N–C) groups is 1. The molecule has 0 saturated heterocycles. The Balaban J connectivity index is 3.32. The highest BCUT2D eigenvalue weighted by Crippen LogP contribution is 2.13. The van der Waals surface area contributed by atoms with Gasteiger partial charge in [0.15, 0.2) is 5.96 Å². The van der Waals surface area contributed by atoms with Crippen molar-refractivity contribution in [2.24, 2.45) is 51.6 Å². The first-order valence-electron chi connectivity index (χ1n) is 24.3. The number of amidine groups is 1. The van der Waals surface area contributed by atoms with Gasteiger partial charge >= 0.3 is 0 Å². The van der Waals surface area contributed by atoms with E-state index in [2.05, 4.69) is 47.5 Å². The lowest BCUT2D eigenvalue weighted by atomic mass is 9.99. The van der Waals surface area contributed by atoms with Crippen molar-refractivity contribution >= 4 is 59.1 Å². The number of rotatable bonds is 32. The summed E-state index contributed by atoms with van der Waals surface area (Å²) in [5, 5.41) is 29.5. The maximum absolute atomic E-state index is 14.2. The molecule has 0 fully saturated rings.